The van der Waals surface area contributed by atoms with Crippen molar-refractivity contribution in [3.05, 3.63) is 16.5 Å². The van der Waals surface area contributed by atoms with Crippen molar-refractivity contribution in [1.29, 1.82) is 0 Å². The van der Waals surface area contributed by atoms with Gasteiger partial charge in [0, 0.05) is 0 Å². The number of aromatic nitrogens is 2. The molecule has 1 aromatic rings. The van der Waals surface area contributed by atoms with Crippen molar-refractivity contribution in [3.8, 4) is 5.88 Å². The van der Waals surface area contributed by atoms with Crippen LogP contribution in [0.1, 0.15) is 38.6 Å². The van der Waals surface area contributed by atoms with Gasteiger partial charge in [0.1, 0.15) is 5.60 Å². The molecule has 0 unspecified atom stereocenters. The molecule has 0 saturated heterocycles. The van der Waals surface area contributed by atoms with E-state index in [1.54, 1.807) is 0 Å². The predicted molar refractivity (Wildman–Crippen MR) is 61.5 cm³/mol. The lowest BCUT2D eigenvalue weighted by atomic mass is 10.1. The fourth-order valence-corrected chi connectivity index (χ4v) is 1.16. The Hall–Kier alpha value is -0.830. The number of hydrogen-bond donors (Lipinski definition) is 0. The number of aryl methyl sites for hydroxylation is 2. The van der Waals surface area contributed by atoms with Crippen molar-refractivity contribution in [1.82, 2.24) is 9.97 Å². The summed E-state index contributed by atoms with van der Waals surface area (Å²) in [6, 6.07) is 0. The lowest BCUT2D eigenvalue weighted by molar-refractivity contribution is 0.0983. The second-order valence-corrected chi connectivity index (χ2v) is 4.56. The molecular weight excluding hydrogens is 212 g/mol. The molecule has 0 N–H and O–H groups in total. The lowest BCUT2D eigenvalue weighted by Gasteiger charge is -2.24. The van der Waals surface area contributed by atoms with E-state index in [1.807, 2.05) is 27.7 Å². The molecule has 1 rings (SSSR count). The van der Waals surface area contributed by atoms with Gasteiger partial charge in [-0.05, 0) is 34.1 Å². The van der Waals surface area contributed by atoms with Crippen LogP contribution in [-0.2, 0) is 0 Å². The molecule has 0 fully saturated rings. The molecule has 0 amide bonds. The van der Waals surface area contributed by atoms with Crippen molar-refractivity contribution in [2.45, 2.75) is 46.6 Å². The van der Waals surface area contributed by atoms with Crippen LogP contribution in [0.25, 0.3) is 0 Å². The molecule has 0 aliphatic rings. The van der Waals surface area contributed by atoms with E-state index in [0.717, 1.165) is 17.8 Å². The topological polar surface area (TPSA) is 35.0 Å². The molecule has 0 aromatic carbocycles. The smallest absolute Gasteiger partial charge is 0.252 e. The van der Waals surface area contributed by atoms with Crippen molar-refractivity contribution in [2.24, 2.45) is 0 Å². The van der Waals surface area contributed by atoms with Crippen molar-refractivity contribution in [2.75, 3.05) is 0 Å². The van der Waals surface area contributed by atoms with Crippen LogP contribution in [0.4, 0.5) is 0 Å². The highest BCUT2D eigenvalue weighted by Gasteiger charge is 2.20. The fourth-order valence-electron chi connectivity index (χ4n) is 0.954. The largest absolute Gasteiger partial charge is 0.469 e. The Morgan fingerprint density at radius 3 is 2.27 bits per heavy atom. The highest BCUT2D eigenvalue weighted by atomic mass is 35.5. The third-order valence-electron chi connectivity index (χ3n) is 2.46. The summed E-state index contributed by atoms with van der Waals surface area (Å²) in [4.78, 5) is 8.46. The maximum atomic E-state index is 5.97. The van der Waals surface area contributed by atoms with Crippen molar-refractivity contribution >= 4 is 11.6 Å². The molecule has 3 nitrogen and oxygen atoms in total. The van der Waals surface area contributed by atoms with Gasteiger partial charge >= 0.3 is 0 Å². The fraction of sp³-hybridized carbons (Fsp3) is 0.636. The van der Waals surface area contributed by atoms with Crippen LogP contribution < -0.4 is 4.74 Å². The van der Waals surface area contributed by atoms with Crippen LogP contribution in [0.2, 0.25) is 5.15 Å². The van der Waals surface area contributed by atoms with E-state index in [-0.39, 0.29) is 5.60 Å². The zero-order chi connectivity index (χ0) is 11.6. The van der Waals surface area contributed by atoms with E-state index >= 15 is 0 Å². The van der Waals surface area contributed by atoms with Crippen LogP contribution >= 0.6 is 11.6 Å². The normalized spacial score (nSPS) is 11.6. The Bertz CT molecular complexity index is 364. The molecule has 15 heavy (non-hydrogen) atoms. The average molecular weight is 229 g/mol. The first kappa shape index (κ1) is 12.2. The predicted octanol–water partition coefficient (Wildman–Crippen LogP) is 3.31. The zero-order valence-electron chi connectivity index (χ0n) is 9.89. The van der Waals surface area contributed by atoms with Crippen LogP contribution in [0, 0.1) is 13.8 Å². The monoisotopic (exact) mass is 228 g/mol. The molecule has 4 heteroatoms. The van der Waals surface area contributed by atoms with Crippen LogP contribution in [0.15, 0.2) is 0 Å². The maximum absolute atomic E-state index is 5.97. The quantitative estimate of drug-likeness (QED) is 0.796. The average Bonchev–Trinajstić information content (AvgIpc) is 2.14. The van der Waals surface area contributed by atoms with Crippen LogP contribution in [0.5, 0.6) is 5.88 Å². The number of rotatable bonds is 3. The minimum Gasteiger partial charge on any atom is -0.469 e. The first-order chi connectivity index (χ1) is 6.85. The first-order valence-electron chi connectivity index (χ1n) is 5.05. The maximum Gasteiger partial charge on any atom is 0.252 e. The molecule has 0 aliphatic heterocycles. The van der Waals surface area contributed by atoms with Gasteiger partial charge in [-0.25, -0.2) is 9.97 Å². The number of halogens is 1. The van der Waals surface area contributed by atoms with E-state index in [2.05, 4.69) is 16.9 Å². The molecule has 0 radical (unpaired) electrons. The van der Waals surface area contributed by atoms with Gasteiger partial charge in [-0.15, -0.1) is 0 Å². The Morgan fingerprint density at radius 1 is 1.20 bits per heavy atom. The van der Waals surface area contributed by atoms with Gasteiger partial charge in [0.25, 0.3) is 5.88 Å². The number of hydrogen-bond acceptors (Lipinski definition) is 3. The molecule has 0 atom stereocenters. The highest BCUT2D eigenvalue weighted by Crippen LogP contribution is 2.26. The molecule has 0 aliphatic carbocycles. The van der Waals surface area contributed by atoms with E-state index in [1.165, 1.54) is 0 Å². The van der Waals surface area contributed by atoms with Crippen molar-refractivity contribution in [3.63, 3.8) is 0 Å². The Morgan fingerprint density at radius 2 is 1.73 bits per heavy atom. The summed E-state index contributed by atoms with van der Waals surface area (Å²) in [6.45, 7) is 9.83. The second kappa shape index (κ2) is 4.35. The summed E-state index contributed by atoms with van der Waals surface area (Å²) < 4.78 is 5.71. The lowest BCUT2D eigenvalue weighted by Crippen LogP contribution is -2.27. The summed E-state index contributed by atoms with van der Waals surface area (Å²) in [5, 5.41) is 0.333. The molecule has 0 bridgehead atoms. The van der Waals surface area contributed by atoms with Gasteiger partial charge in [0.05, 0.1) is 11.4 Å². The minimum atomic E-state index is -0.264. The molecular formula is C11H17ClN2O. The third kappa shape index (κ3) is 3.06. The van der Waals surface area contributed by atoms with Crippen LogP contribution in [0.3, 0.4) is 0 Å². The van der Waals surface area contributed by atoms with Gasteiger partial charge in [-0.1, -0.05) is 18.5 Å². The van der Waals surface area contributed by atoms with E-state index < -0.39 is 0 Å². The molecule has 1 heterocycles. The van der Waals surface area contributed by atoms with E-state index in [4.69, 9.17) is 16.3 Å². The standard InChI is InChI=1S/C11H17ClN2O/c1-6-11(4,5)15-10-9(12)13-7(2)8(3)14-10/h6H2,1-5H3. The SMILES string of the molecule is CCC(C)(C)Oc1nc(C)c(C)nc1Cl. The Labute approximate surface area is 95.8 Å². The summed E-state index contributed by atoms with van der Waals surface area (Å²) in [5.74, 6) is 0.423. The Balaban J connectivity index is 3.01. The van der Waals surface area contributed by atoms with Gasteiger partial charge < -0.3 is 4.74 Å². The van der Waals surface area contributed by atoms with Crippen molar-refractivity contribution < 1.29 is 4.74 Å². The van der Waals surface area contributed by atoms with E-state index in [0.29, 0.717) is 11.0 Å². The van der Waals surface area contributed by atoms with Gasteiger partial charge in [0.2, 0.25) is 0 Å². The highest BCUT2D eigenvalue weighted by molar-refractivity contribution is 6.30. The molecule has 84 valence electrons. The minimum absolute atomic E-state index is 0.264. The van der Waals surface area contributed by atoms with Gasteiger partial charge in [0.15, 0.2) is 5.15 Å². The summed E-state index contributed by atoms with van der Waals surface area (Å²) in [7, 11) is 0. The van der Waals surface area contributed by atoms with Crippen LogP contribution in [-0.4, -0.2) is 15.6 Å². The number of ether oxygens (including phenoxy) is 1. The molecule has 0 spiro atoms. The van der Waals surface area contributed by atoms with Gasteiger partial charge in [-0.2, -0.15) is 0 Å². The summed E-state index contributed by atoms with van der Waals surface area (Å²) >= 11 is 5.97. The zero-order valence-corrected chi connectivity index (χ0v) is 10.6. The van der Waals surface area contributed by atoms with E-state index in [9.17, 15) is 0 Å². The van der Waals surface area contributed by atoms with Gasteiger partial charge in [-0.3, -0.25) is 0 Å². The first-order valence-corrected chi connectivity index (χ1v) is 5.43. The molecule has 0 saturated carbocycles. The summed E-state index contributed by atoms with van der Waals surface area (Å²) in [6.07, 6.45) is 0.887. The molecule has 1 aromatic heterocycles. The number of nitrogens with zero attached hydrogens (tertiary/aromatic N) is 2. The Kier molecular flexibility index (Phi) is 3.55. The summed E-state index contributed by atoms with van der Waals surface area (Å²) in [5.41, 5.74) is 1.42. The third-order valence-corrected chi connectivity index (χ3v) is 2.71. The second-order valence-electron chi connectivity index (χ2n) is 4.21.